The van der Waals surface area contributed by atoms with Crippen molar-refractivity contribution in [1.29, 1.82) is 0 Å². The van der Waals surface area contributed by atoms with Gasteiger partial charge >= 0.3 is 12.0 Å². The fourth-order valence-electron chi connectivity index (χ4n) is 1.56. The summed E-state index contributed by atoms with van der Waals surface area (Å²) in [5.41, 5.74) is 2.99. The molecule has 102 valence electrons. The van der Waals surface area contributed by atoms with Gasteiger partial charge in [0.15, 0.2) is 0 Å². The van der Waals surface area contributed by atoms with Crippen LogP contribution in [0.1, 0.15) is 28.4 Å². The topological polar surface area (TPSA) is 78.4 Å². The number of carbonyl (C=O) groups is 2. The molecule has 0 aliphatic heterocycles. The highest BCUT2D eigenvalue weighted by molar-refractivity contribution is 5.94. The Kier molecular flexibility index (Phi) is 4.69. The van der Waals surface area contributed by atoms with E-state index in [-0.39, 0.29) is 11.6 Å². The number of nitrogens with one attached hydrogen (secondary N) is 2. The number of amides is 2. The fourth-order valence-corrected chi connectivity index (χ4v) is 1.56. The van der Waals surface area contributed by atoms with Gasteiger partial charge in [0, 0.05) is 12.2 Å². The number of hydrogen-bond acceptors (Lipinski definition) is 2. The van der Waals surface area contributed by atoms with Crippen LogP contribution in [0.15, 0.2) is 24.3 Å². The van der Waals surface area contributed by atoms with Crippen LogP contribution >= 0.6 is 0 Å². The van der Waals surface area contributed by atoms with Gasteiger partial charge < -0.3 is 15.7 Å². The average molecular weight is 262 g/mol. The van der Waals surface area contributed by atoms with E-state index in [1.807, 2.05) is 0 Å². The van der Waals surface area contributed by atoms with Crippen molar-refractivity contribution < 1.29 is 14.7 Å². The number of carbonyl (C=O) groups excluding carboxylic acids is 1. The van der Waals surface area contributed by atoms with Crippen LogP contribution in [0.4, 0.5) is 10.5 Å². The molecule has 0 radical (unpaired) electrons. The summed E-state index contributed by atoms with van der Waals surface area (Å²) in [7, 11) is 0. The van der Waals surface area contributed by atoms with Crippen LogP contribution in [0.25, 0.3) is 0 Å². The fraction of sp³-hybridized carbons (Fsp3) is 0.286. The molecule has 0 atom stereocenters. The van der Waals surface area contributed by atoms with Crippen molar-refractivity contribution in [3.8, 4) is 0 Å². The highest BCUT2D eigenvalue weighted by Crippen LogP contribution is 2.20. The molecule has 5 nitrogen and oxygen atoms in total. The summed E-state index contributed by atoms with van der Waals surface area (Å²) in [4.78, 5) is 22.7. The summed E-state index contributed by atoms with van der Waals surface area (Å²) in [5, 5.41) is 14.3. The van der Waals surface area contributed by atoms with Crippen LogP contribution in [0.3, 0.4) is 0 Å². The second kappa shape index (κ2) is 6.04. The lowest BCUT2D eigenvalue weighted by atomic mass is 10.0. The molecule has 0 bridgehead atoms. The van der Waals surface area contributed by atoms with Gasteiger partial charge in [0.05, 0.1) is 5.56 Å². The number of carboxylic acid groups (broad SMARTS) is 1. The molecule has 0 saturated carbocycles. The first kappa shape index (κ1) is 14.8. The highest BCUT2D eigenvalue weighted by Gasteiger charge is 2.12. The number of rotatable bonds is 4. The number of hydrogen-bond donors (Lipinski definition) is 3. The van der Waals surface area contributed by atoms with Gasteiger partial charge in [-0.3, -0.25) is 0 Å². The zero-order valence-electron chi connectivity index (χ0n) is 11.3. The third-order valence-electron chi connectivity index (χ3n) is 2.71. The minimum absolute atomic E-state index is 0.190. The Morgan fingerprint density at radius 3 is 2.47 bits per heavy atom. The van der Waals surface area contributed by atoms with E-state index in [1.165, 1.54) is 6.07 Å². The Hall–Kier alpha value is -2.30. The second-order valence-electron chi connectivity index (χ2n) is 4.54. The maximum atomic E-state index is 11.6. The first-order chi connectivity index (χ1) is 8.81. The van der Waals surface area contributed by atoms with E-state index < -0.39 is 5.97 Å². The van der Waals surface area contributed by atoms with E-state index >= 15 is 0 Å². The lowest BCUT2D eigenvalue weighted by Crippen LogP contribution is -2.30. The van der Waals surface area contributed by atoms with E-state index in [4.69, 9.17) is 5.11 Å². The molecule has 0 fully saturated rings. The summed E-state index contributed by atoms with van der Waals surface area (Å²) in [6.45, 7) is 9.40. The van der Waals surface area contributed by atoms with Gasteiger partial charge in [-0.25, -0.2) is 9.59 Å². The molecule has 0 unspecified atom stereocenters. The Morgan fingerprint density at radius 1 is 1.32 bits per heavy atom. The molecular weight excluding hydrogens is 244 g/mol. The van der Waals surface area contributed by atoms with Crippen molar-refractivity contribution in [2.75, 3.05) is 11.9 Å². The minimum atomic E-state index is -1.01. The van der Waals surface area contributed by atoms with Gasteiger partial charge in [-0.05, 0) is 44.0 Å². The quantitative estimate of drug-likeness (QED) is 0.730. The third kappa shape index (κ3) is 4.13. The lowest BCUT2D eigenvalue weighted by molar-refractivity contribution is 0.0696. The molecule has 5 heteroatoms. The summed E-state index contributed by atoms with van der Waals surface area (Å²) in [5.74, 6) is -1.01. The van der Waals surface area contributed by atoms with Crippen LogP contribution < -0.4 is 10.6 Å². The molecule has 2 amide bonds. The van der Waals surface area contributed by atoms with Gasteiger partial charge in [0.2, 0.25) is 0 Å². The van der Waals surface area contributed by atoms with E-state index in [0.717, 1.165) is 11.1 Å². The maximum Gasteiger partial charge on any atom is 0.336 e. The number of anilines is 1. The smallest absolute Gasteiger partial charge is 0.336 e. The standard InChI is InChI=1S/C14H18N2O3/c1-8(2)7-15-14(19)16-11-5-9(3)10(4)12(6-11)13(17)18/h5-6H,1,7H2,2-4H3,(H,17,18)(H2,15,16,19). The number of benzene rings is 1. The molecule has 0 saturated heterocycles. The highest BCUT2D eigenvalue weighted by atomic mass is 16.4. The van der Waals surface area contributed by atoms with E-state index in [0.29, 0.717) is 17.8 Å². The van der Waals surface area contributed by atoms with Gasteiger partial charge in [-0.15, -0.1) is 0 Å². The van der Waals surface area contributed by atoms with E-state index in [9.17, 15) is 9.59 Å². The predicted molar refractivity (Wildman–Crippen MR) is 74.7 cm³/mol. The van der Waals surface area contributed by atoms with Crippen molar-refractivity contribution in [3.63, 3.8) is 0 Å². The molecular formula is C14H18N2O3. The summed E-state index contributed by atoms with van der Waals surface area (Å²) >= 11 is 0. The number of aromatic carboxylic acids is 1. The predicted octanol–water partition coefficient (Wildman–Crippen LogP) is 2.70. The van der Waals surface area contributed by atoms with Crippen LogP contribution in [-0.2, 0) is 0 Å². The van der Waals surface area contributed by atoms with Crippen LogP contribution in [-0.4, -0.2) is 23.7 Å². The molecule has 1 aromatic rings. The second-order valence-corrected chi connectivity index (χ2v) is 4.54. The van der Waals surface area contributed by atoms with Crippen LogP contribution in [0, 0.1) is 13.8 Å². The molecule has 0 heterocycles. The Bertz CT molecular complexity index is 536. The van der Waals surface area contributed by atoms with E-state index in [1.54, 1.807) is 26.8 Å². The monoisotopic (exact) mass is 262 g/mol. The largest absolute Gasteiger partial charge is 0.478 e. The van der Waals surface area contributed by atoms with Gasteiger partial charge in [-0.2, -0.15) is 0 Å². The van der Waals surface area contributed by atoms with Crippen molar-refractivity contribution in [1.82, 2.24) is 5.32 Å². The molecule has 0 aromatic heterocycles. The molecule has 1 rings (SSSR count). The van der Waals surface area contributed by atoms with Gasteiger partial charge in [0.25, 0.3) is 0 Å². The molecule has 0 aliphatic carbocycles. The SMILES string of the molecule is C=C(C)CNC(=O)Nc1cc(C)c(C)c(C(=O)O)c1. The first-order valence-electron chi connectivity index (χ1n) is 5.85. The van der Waals surface area contributed by atoms with Crippen LogP contribution in [0.5, 0.6) is 0 Å². The average Bonchev–Trinajstić information content (AvgIpc) is 2.30. The molecule has 19 heavy (non-hydrogen) atoms. The molecule has 3 N–H and O–H groups in total. The van der Waals surface area contributed by atoms with Crippen molar-refractivity contribution in [3.05, 3.63) is 41.0 Å². The molecule has 0 aliphatic rings. The lowest BCUT2D eigenvalue weighted by Gasteiger charge is -2.11. The first-order valence-corrected chi connectivity index (χ1v) is 5.85. The zero-order chi connectivity index (χ0) is 14.6. The van der Waals surface area contributed by atoms with Gasteiger partial charge in [0.1, 0.15) is 0 Å². The maximum absolute atomic E-state index is 11.6. The van der Waals surface area contributed by atoms with Crippen molar-refractivity contribution in [2.24, 2.45) is 0 Å². The van der Waals surface area contributed by atoms with Gasteiger partial charge in [-0.1, -0.05) is 12.2 Å². The number of carboxylic acids is 1. The molecule has 0 spiro atoms. The number of urea groups is 1. The van der Waals surface area contributed by atoms with Crippen molar-refractivity contribution in [2.45, 2.75) is 20.8 Å². The number of aryl methyl sites for hydroxylation is 1. The van der Waals surface area contributed by atoms with E-state index in [2.05, 4.69) is 17.2 Å². The molecule has 1 aromatic carbocycles. The summed E-state index contributed by atoms with van der Waals surface area (Å²) in [6, 6.07) is 2.80. The summed E-state index contributed by atoms with van der Waals surface area (Å²) < 4.78 is 0. The van der Waals surface area contributed by atoms with Crippen LogP contribution in [0.2, 0.25) is 0 Å². The minimum Gasteiger partial charge on any atom is -0.478 e. The third-order valence-corrected chi connectivity index (χ3v) is 2.71. The Morgan fingerprint density at radius 2 is 1.95 bits per heavy atom. The Labute approximate surface area is 112 Å². The summed E-state index contributed by atoms with van der Waals surface area (Å²) in [6.07, 6.45) is 0. The Balaban J connectivity index is 2.87. The normalized spacial score (nSPS) is 9.84. The van der Waals surface area contributed by atoms with Crippen molar-refractivity contribution >= 4 is 17.7 Å². The zero-order valence-corrected chi connectivity index (χ0v) is 11.3.